The number of phenols is 4. The third kappa shape index (κ3) is 24.6. The summed E-state index contributed by atoms with van der Waals surface area (Å²) < 4.78 is 0. The summed E-state index contributed by atoms with van der Waals surface area (Å²) in [4.78, 5) is 32.2. The molecule has 0 aromatic heterocycles. The summed E-state index contributed by atoms with van der Waals surface area (Å²) in [5, 5.41) is 57.6. The van der Waals surface area contributed by atoms with Crippen LogP contribution in [0.15, 0.2) is 70.6 Å². The molecule has 406 valence electrons. The molecule has 0 bridgehead atoms. The molecule has 11 heteroatoms. The second-order valence-corrected chi connectivity index (χ2v) is 19.1. The number of phenolic OH excluding ortho intramolecular Hbond substituents is 2. The molecule has 0 spiro atoms. The van der Waals surface area contributed by atoms with Crippen molar-refractivity contribution in [1.82, 2.24) is 0 Å². The summed E-state index contributed by atoms with van der Waals surface area (Å²) in [5.74, 6) is -5.11. The monoisotopic (exact) mass is 1050 g/mol. The molecule has 0 saturated carbocycles. The summed E-state index contributed by atoms with van der Waals surface area (Å²) in [5.41, 5.74) is 10.9. The van der Waals surface area contributed by atoms with Crippen molar-refractivity contribution in [3.05, 3.63) is 105 Å². The zero-order valence-electron chi connectivity index (χ0n) is 45.8. The van der Waals surface area contributed by atoms with Crippen LogP contribution in [-0.2, 0) is 55.0 Å². The first-order chi connectivity index (χ1) is 34.7. The Balaban J connectivity index is 0.000000794. The van der Waals surface area contributed by atoms with Crippen molar-refractivity contribution < 1.29 is 56.7 Å². The van der Waals surface area contributed by atoms with E-state index >= 15 is 0 Å². The van der Waals surface area contributed by atoms with Crippen molar-refractivity contribution in [2.24, 2.45) is 9.98 Å². The first-order valence-electron chi connectivity index (χ1n) is 27.6. The van der Waals surface area contributed by atoms with Crippen LogP contribution in [0.25, 0.3) is 0 Å². The van der Waals surface area contributed by atoms with Crippen LogP contribution >= 0.6 is 0 Å². The van der Waals surface area contributed by atoms with E-state index in [9.17, 15) is 30.0 Å². The number of unbranched alkanes of at least 4 members (excludes halogenated alkanes) is 12. The van der Waals surface area contributed by atoms with Crippen molar-refractivity contribution >= 4 is 34.7 Å². The number of aliphatic imine (C=N–C) groups is 2. The summed E-state index contributed by atoms with van der Waals surface area (Å²) in [7, 11) is 0. The number of rotatable bonds is 31. The smallest absolute Gasteiger partial charge is 0.545 e. The van der Waals surface area contributed by atoms with Gasteiger partial charge in [0.25, 0.3) is 0 Å². The number of carboxylic acid groups (broad SMARTS) is 2. The quantitative estimate of drug-likeness (QED) is 0.0166. The van der Waals surface area contributed by atoms with E-state index in [-0.39, 0.29) is 27.6 Å². The fraction of sp³-hybridized carbons (Fsp3) is 0.548. The average molecular weight is 1050 g/mol. The summed E-state index contributed by atoms with van der Waals surface area (Å²) >= 11 is 0. The summed E-state index contributed by atoms with van der Waals surface area (Å²) in [6, 6.07) is 19.9. The minimum Gasteiger partial charge on any atom is -0.545 e. The SMILES string of the molecule is CCCCCC(=Nc1cc(CCCCC)cc(CCCCC)c1)C(CCCCC)=Nc1cc(CCCCC)cc(CCCCC)c1.CCc1ccc(O)c(O)c1C(=O)[O-].CCc1ccc(O)c(O)c1C(=O)[O-].[Ni+2]. The minimum absolute atomic E-state index is 0. The Morgan fingerprint density at radius 3 is 0.932 bits per heavy atom. The van der Waals surface area contributed by atoms with Gasteiger partial charge in [-0.25, -0.2) is 0 Å². The Kier molecular flexibility index (Phi) is 34.7. The predicted octanol–water partition coefficient (Wildman–Crippen LogP) is 14.7. The van der Waals surface area contributed by atoms with Gasteiger partial charge in [0.1, 0.15) is 0 Å². The van der Waals surface area contributed by atoms with E-state index in [1.54, 1.807) is 13.8 Å². The van der Waals surface area contributed by atoms with Gasteiger partial charge in [0.15, 0.2) is 23.0 Å². The molecule has 0 aliphatic rings. The Hall–Kier alpha value is -5.15. The van der Waals surface area contributed by atoms with Gasteiger partial charge in [-0.15, -0.1) is 0 Å². The summed E-state index contributed by atoms with van der Waals surface area (Å²) in [6.45, 7) is 17.3. The minimum atomic E-state index is -1.48. The normalized spacial score (nSPS) is 11.3. The maximum atomic E-state index is 10.6. The Bertz CT molecular complexity index is 2070. The van der Waals surface area contributed by atoms with Gasteiger partial charge in [0.2, 0.25) is 0 Å². The molecule has 0 heterocycles. The van der Waals surface area contributed by atoms with E-state index < -0.39 is 34.9 Å². The van der Waals surface area contributed by atoms with E-state index in [1.807, 2.05) is 0 Å². The fourth-order valence-corrected chi connectivity index (χ4v) is 8.72. The molecule has 0 fully saturated rings. The van der Waals surface area contributed by atoms with Crippen molar-refractivity contribution in [2.45, 2.75) is 222 Å². The molecule has 10 nitrogen and oxygen atoms in total. The topological polar surface area (TPSA) is 186 Å². The second kappa shape index (κ2) is 38.4. The molecule has 73 heavy (non-hydrogen) atoms. The van der Waals surface area contributed by atoms with E-state index in [1.165, 1.54) is 174 Å². The van der Waals surface area contributed by atoms with Crippen LogP contribution in [0.4, 0.5) is 11.4 Å². The first kappa shape index (κ1) is 65.9. The molecule has 4 aromatic carbocycles. The van der Waals surface area contributed by atoms with Crippen molar-refractivity contribution in [3.63, 3.8) is 0 Å². The molecule has 4 N–H and O–H groups in total. The largest absolute Gasteiger partial charge is 2.00 e. The number of benzene rings is 4. The second-order valence-electron chi connectivity index (χ2n) is 19.1. The van der Waals surface area contributed by atoms with Crippen LogP contribution in [0.3, 0.4) is 0 Å². The maximum Gasteiger partial charge on any atom is 2.00 e. The zero-order valence-corrected chi connectivity index (χ0v) is 46.8. The number of carbonyl (C=O) groups is 2. The number of nitrogens with zero attached hydrogens (tertiary/aromatic N) is 2. The summed E-state index contributed by atoms with van der Waals surface area (Å²) in [6.07, 6.45) is 30.2. The standard InChI is InChI=1S/C44H72N2.2C9H10O4.Ni/c1-7-13-19-25-37-31-38(26-20-14-8-2)34-41(33-37)45-43(29-23-17-11-5)44(30-24-18-12-6)46-42-35-39(27-21-15-9-3)32-40(36-42)28-22-16-10-4;2*1-2-5-3-4-6(10)8(11)7(5)9(12)13;/h31-36H,7-30H2,1-6H3;2*3-4,10-11H,2H2,1H3,(H,12,13);/q;;;+2/p-2. The van der Waals surface area contributed by atoms with Gasteiger partial charge in [0, 0.05) is 11.1 Å². The van der Waals surface area contributed by atoms with Crippen LogP contribution in [0.5, 0.6) is 23.0 Å². The van der Waals surface area contributed by atoms with Crippen molar-refractivity contribution in [3.8, 4) is 23.0 Å². The first-order valence-corrected chi connectivity index (χ1v) is 27.6. The zero-order chi connectivity index (χ0) is 53.3. The van der Waals surface area contributed by atoms with Crippen LogP contribution in [-0.4, -0.2) is 43.8 Å². The molecule has 0 radical (unpaired) electrons. The van der Waals surface area contributed by atoms with Crippen LogP contribution in [0.2, 0.25) is 0 Å². The average Bonchev–Trinajstić information content (AvgIpc) is 3.35. The van der Waals surface area contributed by atoms with Gasteiger partial charge >= 0.3 is 16.5 Å². The predicted molar refractivity (Wildman–Crippen MR) is 295 cm³/mol. The number of aromatic carboxylic acids is 2. The van der Waals surface area contributed by atoms with Gasteiger partial charge < -0.3 is 40.2 Å². The van der Waals surface area contributed by atoms with Crippen molar-refractivity contribution in [2.75, 3.05) is 0 Å². The maximum absolute atomic E-state index is 10.6. The molecular weight excluding hydrogens is 959 g/mol. The van der Waals surface area contributed by atoms with Gasteiger partial charge in [-0.3, -0.25) is 9.98 Å². The van der Waals surface area contributed by atoms with Crippen LogP contribution < -0.4 is 10.2 Å². The molecule has 0 unspecified atom stereocenters. The van der Waals surface area contributed by atoms with E-state index in [0.717, 1.165) is 49.9 Å². The van der Waals surface area contributed by atoms with E-state index in [0.29, 0.717) is 24.0 Å². The third-order valence-electron chi connectivity index (χ3n) is 12.9. The fourth-order valence-electron chi connectivity index (χ4n) is 8.72. The molecule has 0 amide bonds. The number of carbonyl (C=O) groups excluding carboxylic acids is 2. The molecular formula is C62H90N2NiO8. The van der Waals surface area contributed by atoms with Gasteiger partial charge in [-0.2, -0.15) is 0 Å². The number of aryl methyl sites for hydroxylation is 6. The molecule has 0 aliphatic carbocycles. The number of carboxylic acids is 2. The van der Waals surface area contributed by atoms with Crippen molar-refractivity contribution in [1.29, 1.82) is 0 Å². The van der Waals surface area contributed by atoms with Gasteiger partial charge in [0.05, 0.1) is 34.7 Å². The molecule has 0 aliphatic heterocycles. The van der Waals surface area contributed by atoms with E-state index in [2.05, 4.69) is 77.9 Å². The third-order valence-corrected chi connectivity index (χ3v) is 12.9. The molecule has 0 atom stereocenters. The number of hydrogen-bond acceptors (Lipinski definition) is 10. The number of aromatic hydroxyl groups is 4. The molecule has 0 saturated heterocycles. The Morgan fingerprint density at radius 1 is 0.411 bits per heavy atom. The van der Waals surface area contributed by atoms with Gasteiger partial charge in [-0.05, 0) is 160 Å². The van der Waals surface area contributed by atoms with Crippen LogP contribution in [0, 0.1) is 0 Å². The Labute approximate surface area is 449 Å². The van der Waals surface area contributed by atoms with Crippen LogP contribution in [0.1, 0.15) is 238 Å². The number of hydrogen-bond donors (Lipinski definition) is 4. The Morgan fingerprint density at radius 2 is 0.685 bits per heavy atom. The molecule has 4 aromatic rings. The molecule has 4 rings (SSSR count). The van der Waals surface area contributed by atoms with E-state index in [4.69, 9.17) is 20.2 Å². The van der Waals surface area contributed by atoms with Gasteiger partial charge in [-0.1, -0.05) is 157 Å².